The summed E-state index contributed by atoms with van der Waals surface area (Å²) in [6.07, 6.45) is 24.6. The van der Waals surface area contributed by atoms with Gasteiger partial charge in [-0.15, -0.1) is 35.9 Å². The van der Waals surface area contributed by atoms with Crippen molar-refractivity contribution >= 4 is 23.1 Å². The van der Waals surface area contributed by atoms with Crippen LogP contribution in [0.4, 0.5) is 5.69 Å². The summed E-state index contributed by atoms with van der Waals surface area (Å²) in [4.78, 5) is 0. The number of nitrogens with two attached hydrogens (primary N) is 1. The van der Waals surface area contributed by atoms with E-state index in [1.165, 1.54) is 6.42 Å². The Balaban J connectivity index is 0.000000164. The van der Waals surface area contributed by atoms with Crippen LogP contribution in [-0.2, 0) is 18.2 Å². The number of benzene rings is 2. The Morgan fingerprint density at radius 2 is 1.20 bits per heavy atom. The Kier molecular flexibility index (Phi) is 9.42. The fourth-order valence-corrected chi connectivity index (χ4v) is 16.8. The van der Waals surface area contributed by atoms with E-state index < -0.39 is 0 Å². The van der Waals surface area contributed by atoms with Crippen LogP contribution in [-0.4, -0.2) is 16.5 Å². The summed E-state index contributed by atoms with van der Waals surface area (Å²) >= 11 is 2.22. The Bertz CT molecular complexity index is 1000. The predicted molar refractivity (Wildman–Crippen MR) is 169 cm³/mol. The quantitative estimate of drug-likeness (QED) is 0.141. The summed E-state index contributed by atoms with van der Waals surface area (Å²) in [5.74, 6) is 6.95. The number of halogens is 1. The van der Waals surface area contributed by atoms with Gasteiger partial charge >= 0.3 is 27.7 Å². The second-order valence-electron chi connectivity index (χ2n) is 14.7. The third kappa shape index (κ3) is 5.88. The van der Waals surface area contributed by atoms with Gasteiger partial charge in [0.05, 0.1) is 0 Å². The fourth-order valence-electron chi connectivity index (χ4n) is 11.4. The van der Waals surface area contributed by atoms with Crippen molar-refractivity contribution in [2.24, 2.45) is 35.5 Å². The molecule has 0 aliphatic heterocycles. The molecule has 2 N–H and O–H groups in total. The molecule has 40 heavy (non-hydrogen) atoms. The summed E-state index contributed by atoms with van der Waals surface area (Å²) in [6, 6.07) is 18.8. The molecule has 4 heteroatoms. The Labute approximate surface area is 260 Å². The molecule has 8 bridgehead atoms. The molecular weight excluding hydrogens is 619 g/mol. The Morgan fingerprint density at radius 1 is 0.750 bits per heavy atom. The van der Waals surface area contributed by atoms with Crippen LogP contribution in [0.15, 0.2) is 48.5 Å². The van der Waals surface area contributed by atoms with E-state index in [-0.39, 0.29) is 7.92 Å². The van der Waals surface area contributed by atoms with Gasteiger partial charge in [0.15, 0.2) is 0 Å². The molecular formula is C36H49ClNPPd. The maximum absolute atomic E-state index is 5.83. The van der Waals surface area contributed by atoms with E-state index in [4.69, 9.17) is 5.73 Å². The number of para-hydroxylation sites is 1. The van der Waals surface area contributed by atoms with Gasteiger partial charge in [0.1, 0.15) is 0 Å². The van der Waals surface area contributed by atoms with Gasteiger partial charge in [-0.3, -0.25) is 0 Å². The van der Waals surface area contributed by atoms with E-state index in [9.17, 15) is 0 Å². The van der Waals surface area contributed by atoms with Crippen LogP contribution in [0.1, 0.15) is 96.8 Å². The first-order valence-corrected chi connectivity index (χ1v) is 19.8. The molecule has 2 aromatic carbocycles. The maximum atomic E-state index is 5.83. The zero-order chi connectivity index (χ0) is 27.7. The third-order valence-electron chi connectivity index (χ3n) is 11.9. The van der Waals surface area contributed by atoms with Crippen LogP contribution in [0.3, 0.4) is 0 Å². The van der Waals surface area contributed by atoms with Crippen molar-refractivity contribution in [2.75, 3.05) is 11.9 Å². The fraction of sp³-hybridized carbons (Fsp3) is 0.667. The first-order chi connectivity index (χ1) is 19.5. The zero-order valence-corrected chi connectivity index (χ0v) is 27.6. The molecule has 8 aliphatic rings. The molecule has 0 atom stereocenters. The van der Waals surface area contributed by atoms with E-state index >= 15 is 0 Å². The van der Waals surface area contributed by atoms with Gasteiger partial charge in [-0.05, 0) is 147 Å². The monoisotopic (exact) mass is 667 g/mol. The molecule has 220 valence electrons. The Morgan fingerprint density at radius 3 is 1.60 bits per heavy atom. The predicted octanol–water partition coefficient (Wildman–Crippen LogP) is 10.6. The summed E-state index contributed by atoms with van der Waals surface area (Å²) in [6.45, 7) is 2.45. The van der Waals surface area contributed by atoms with Crippen molar-refractivity contribution in [3.05, 3.63) is 54.6 Å². The second-order valence-corrected chi connectivity index (χ2v) is 17.9. The van der Waals surface area contributed by atoms with Crippen molar-refractivity contribution in [1.82, 2.24) is 0 Å². The molecule has 2 aromatic rings. The standard InChI is InChI=1S/C24H39P.C12H10N.ClH.Pd/c1-2-3-4-25(23-11-17-5-18(12-23)7-19(6-17)13-23)24-14-20-8-21(15-24)10-22(9-20)16-24;13-12-9-5-4-8-11(12)10-6-2-1-3-7-10;;/h17-22H,2-16H2,1H3;1-6,8-9H,13H2;1H;/q;-1;;+2/p-1. The zero-order valence-electron chi connectivity index (χ0n) is 24.4. The summed E-state index contributed by atoms with van der Waals surface area (Å²) in [7, 11) is 4.77. The van der Waals surface area contributed by atoms with Crippen molar-refractivity contribution < 1.29 is 18.2 Å². The molecule has 0 saturated heterocycles. The molecule has 8 fully saturated rings. The minimum absolute atomic E-state index is 0.285. The summed E-state index contributed by atoms with van der Waals surface area (Å²) < 4.78 is 0. The number of anilines is 1. The number of hydrogen-bond acceptors (Lipinski definition) is 1. The first kappa shape index (κ1) is 29.7. The van der Waals surface area contributed by atoms with Crippen molar-refractivity contribution in [3.8, 4) is 11.1 Å². The molecule has 0 spiro atoms. The van der Waals surface area contributed by atoms with Crippen molar-refractivity contribution in [3.63, 3.8) is 0 Å². The first-order valence-electron chi connectivity index (χ1n) is 16.3. The van der Waals surface area contributed by atoms with E-state index in [1.807, 2.05) is 48.5 Å². The number of unbranched alkanes of at least 4 members (excludes halogenated alkanes) is 1. The molecule has 10 rings (SSSR count). The van der Waals surface area contributed by atoms with Gasteiger partial charge < -0.3 is 5.73 Å². The van der Waals surface area contributed by atoms with Crippen LogP contribution < -0.4 is 5.73 Å². The summed E-state index contributed by atoms with van der Waals surface area (Å²) in [5.41, 5.74) is 8.72. The molecule has 0 aromatic heterocycles. The topological polar surface area (TPSA) is 26.0 Å². The number of hydrogen-bond donors (Lipinski definition) is 1. The van der Waals surface area contributed by atoms with E-state index in [0.29, 0.717) is 0 Å². The SMILES string of the molecule is CCCCP(C12CC3CC(CC(C3)C1)C2)C12CC3CC(CC(C3)C1)C2.Nc1ccccc1-c1[c-]cccc1.[Cl][Pd+]. The Hall–Kier alpha value is -0.378. The minimum atomic E-state index is 0.285. The van der Waals surface area contributed by atoms with Crippen LogP contribution in [0.2, 0.25) is 0 Å². The normalized spacial score (nSPS) is 38.7. The average molecular weight is 669 g/mol. The molecule has 8 saturated carbocycles. The van der Waals surface area contributed by atoms with Gasteiger partial charge in [-0.1, -0.05) is 45.0 Å². The summed E-state index contributed by atoms with van der Waals surface area (Å²) in [5, 5.41) is 1.76. The third-order valence-corrected chi connectivity index (χ3v) is 16.0. The van der Waals surface area contributed by atoms with Crippen LogP contribution in [0.25, 0.3) is 11.1 Å². The van der Waals surface area contributed by atoms with Crippen LogP contribution in [0, 0.1) is 41.6 Å². The number of nitrogen functional groups attached to an aromatic ring is 1. The molecule has 8 aliphatic carbocycles. The average Bonchev–Trinajstić information content (AvgIpc) is 2.94. The van der Waals surface area contributed by atoms with E-state index in [0.717, 1.165) is 62.6 Å². The van der Waals surface area contributed by atoms with E-state index in [1.54, 1.807) is 89.6 Å². The second kappa shape index (κ2) is 12.7. The molecule has 1 nitrogen and oxygen atoms in total. The van der Waals surface area contributed by atoms with Crippen LogP contribution >= 0.6 is 17.5 Å². The van der Waals surface area contributed by atoms with Gasteiger partial charge in [0, 0.05) is 0 Å². The van der Waals surface area contributed by atoms with Crippen LogP contribution in [0.5, 0.6) is 0 Å². The number of rotatable bonds is 6. The van der Waals surface area contributed by atoms with Crippen molar-refractivity contribution in [2.45, 2.75) is 107 Å². The molecule has 0 unspecified atom stereocenters. The molecule has 0 heterocycles. The molecule has 0 amide bonds. The molecule has 0 radical (unpaired) electrons. The van der Waals surface area contributed by atoms with E-state index in [2.05, 4.69) is 40.7 Å². The van der Waals surface area contributed by atoms with Crippen molar-refractivity contribution in [1.29, 1.82) is 0 Å². The van der Waals surface area contributed by atoms with Gasteiger partial charge in [-0.25, -0.2) is 0 Å². The van der Waals surface area contributed by atoms with Gasteiger partial charge in [-0.2, -0.15) is 0 Å². The van der Waals surface area contributed by atoms with Gasteiger partial charge in [0.25, 0.3) is 0 Å². The van der Waals surface area contributed by atoms with Gasteiger partial charge in [0.2, 0.25) is 0 Å².